The summed E-state index contributed by atoms with van der Waals surface area (Å²) in [5.41, 5.74) is 4.77. The van der Waals surface area contributed by atoms with Crippen molar-refractivity contribution in [2.45, 2.75) is 19.3 Å². The van der Waals surface area contributed by atoms with Crippen molar-refractivity contribution in [3.63, 3.8) is 0 Å². The van der Waals surface area contributed by atoms with Crippen LogP contribution in [-0.2, 0) is 6.42 Å². The normalized spacial score (nSPS) is 15.6. The van der Waals surface area contributed by atoms with E-state index in [-0.39, 0.29) is 0 Å². The molecule has 1 N–H and O–H groups in total. The van der Waals surface area contributed by atoms with Crippen LogP contribution >= 0.6 is 0 Å². The van der Waals surface area contributed by atoms with Crippen LogP contribution in [0.25, 0.3) is 22.3 Å². The maximum atomic E-state index is 4.38. The lowest BCUT2D eigenvalue weighted by molar-refractivity contribution is 0.343. The largest absolute Gasteiger partial charge is 0.339 e. The first-order valence-electron chi connectivity index (χ1n) is 8.14. The van der Waals surface area contributed by atoms with Crippen LogP contribution in [0.15, 0.2) is 48.7 Å². The van der Waals surface area contributed by atoms with Crippen LogP contribution in [0.4, 0.5) is 0 Å². The molecule has 22 heavy (non-hydrogen) atoms. The molecule has 4 rings (SSSR count). The number of rotatable bonds is 4. The molecule has 0 amide bonds. The average Bonchev–Trinajstić information content (AvgIpc) is 3.22. The average molecular weight is 291 g/mol. The van der Waals surface area contributed by atoms with Crippen LogP contribution in [0.5, 0.6) is 0 Å². The second kappa shape index (κ2) is 5.93. The zero-order valence-electron chi connectivity index (χ0n) is 12.8. The van der Waals surface area contributed by atoms with E-state index in [0.717, 1.165) is 17.8 Å². The molecular weight excluding hydrogens is 270 g/mol. The number of nitrogens with one attached hydrogen (secondary N) is 1. The summed E-state index contributed by atoms with van der Waals surface area (Å²) in [7, 11) is 0. The Morgan fingerprint density at radius 3 is 2.82 bits per heavy atom. The molecule has 0 saturated carbocycles. The van der Waals surface area contributed by atoms with Gasteiger partial charge in [0.2, 0.25) is 0 Å². The van der Waals surface area contributed by atoms with Gasteiger partial charge >= 0.3 is 0 Å². The first kappa shape index (κ1) is 13.5. The van der Waals surface area contributed by atoms with Gasteiger partial charge in [-0.15, -0.1) is 0 Å². The predicted octanol–water partition coefficient (Wildman–Crippen LogP) is 3.87. The highest BCUT2D eigenvalue weighted by Gasteiger charge is 2.11. The second-order valence-corrected chi connectivity index (χ2v) is 6.12. The molecule has 0 radical (unpaired) electrons. The number of H-pyrrole nitrogens is 1. The summed E-state index contributed by atoms with van der Waals surface area (Å²) < 4.78 is 0. The Labute approximate surface area is 131 Å². The first-order chi connectivity index (χ1) is 10.9. The molecule has 2 aromatic heterocycles. The van der Waals surface area contributed by atoms with Gasteiger partial charge in [0.1, 0.15) is 5.65 Å². The van der Waals surface area contributed by atoms with E-state index in [0.29, 0.717) is 0 Å². The molecule has 112 valence electrons. The number of aromatic amines is 1. The maximum Gasteiger partial charge on any atom is 0.137 e. The van der Waals surface area contributed by atoms with Crippen molar-refractivity contribution in [2.75, 3.05) is 19.6 Å². The van der Waals surface area contributed by atoms with Gasteiger partial charge in [-0.05, 0) is 67.7 Å². The fourth-order valence-corrected chi connectivity index (χ4v) is 3.30. The number of hydrogen-bond donors (Lipinski definition) is 1. The lowest BCUT2D eigenvalue weighted by Crippen LogP contribution is -2.21. The van der Waals surface area contributed by atoms with Crippen LogP contribution < -0.4 is 0 Å². The number of hydrogen-bond acceptors (Lipinski definition) is 2. The second-order valence-electron chi connectivity index (χ2n) is 6.12. The van der Waals surface area contributed by atoms with Gasteiger partial charge in [0, 0.05) is 23.8 Å². The summed E-state index contributed by atoms with van der Waals surface area (Å²) in [6, 6.07) is 15.1. The minimum Gasteiger partial charge on any atom is -0.339 e. The first-order valence-corrected chi connectivity index (χ1v) is 8.14. The smallest absolute Gasteiger partial charge is 0.137 e. The molecule has 0 aliphatic carbocycles. The Balaban J connectivity index is 1.55. The van der Waals surface area contributed by atoms with Crippen LogP contribution in [0.1, 0.15) is 18.4 Å². The Hall–Kier alpha value is -2.13. The molecule has 1 aliphatic rings. The van der Waals surface area contributed by atoms with Gasteiger partial charge in [-0.3, -0.25) is 0 Å². The minimum atomic E-state index is 0.958. The molecule has 0 bridgehead atoms. The highest BCUT2D eigenvalue weighted by molar-refractivity contribution is 5.82. The molecule has 1 aromatic carbocycles. The number of fused-ring (bicyclic) bond motifs is 1. The summed E-state index contributed by atoms with van der Waals surface area (Å²) in [5, 5.41) is 1.17. The molecule has 0 atom stereocenters. The summed E-state index contributed by atoms with van der Waals surface area (Å²) >= 11 is 0. The number of aromatic nitrogens is 2. The van der Waals surface area contributed by atoms with Gasteiger partial charge < -0.3 is 9.88 Å². The number of nitrogens with zero attached hydrogens (tertiary/aromatic N) is 2. The van der Waals surface area contributed by atoms with Gasteiger partial charge in [-0.1, -0.05) is 18.2 Å². The highest BCUT2D eigenvalue weighted by Crippen LogP contribution is 2.24. The van der Waals surface area contributed by atoms with Gasteiger partial charge in [0.05, 0.1) is 0 Å². The van der Waals surface area contributed by atoms with Crippen molar-refractivity contribution >= 4 is 11.0 Å². The lowest BCUT2D eigenvalue weighted by Gasteiger charge is -2.14. The maximum absolute atomic E-state index is 4.38. The molecule has 3 nitrogen and oxygen atoms in total. The Morgan fingerprint density at radius 2 is 1.95 bits per heavy atom. The van der Waals surface area contributed by atoms with Crippen LogP contribution in [-0.4, -0.2) is 34.5 Å². The Bertz CT molecular complexity index is 736. The summed E-state index contributed by atoms with van der Waals surface area (Å²) in [4.78, 5) is 10.4. The topological polar surface area (TPSA) is 31.9 Å². The van der Waals surface area contributed by atoms with Gasteiger partial charge in [-0.2, -0.15) is 0 Å². The summed E-state index contributed by atoms with van der Waals surface area (Å²) in [6.07, 6.45) is 5.69. The van der Waals surface area contributed by atoms with E-state index in [4.69, 9.17) is 0 Å². The molecule has 1 aliphatic heterocycles. The summed E-state index contributed by atoms with van der Waals surface area (Å²) in [6.45, 7) is 3.72. The third kappa shape index (κ3) is 2.77. The monoisotopic (exact) mass is 291 g/mol. The van der Waals surface area contributed by atoms with Crippen molar-refractivity contribution in [3.8, 4) is 11.3 Å². The van der Waals surface area contributed by atoms with E-state index < -0.39 is 0 Å². The van der Waals surface area contributed by atoms with Gasteiger partial charge in [-0.25, -0.2) is 4.98 Å². The number of likely N-dealkylation sites (tertiary alicyclic amines) is 1. The van der Waals surface area contributed by atoms with Gasteiger partial charge in [0.15, 0.2) is 0 Å². The van der Waals surface area contributed by atoms with E-state index in [1.807, 2.05) is 12.3 Å². The van der Waals surface area contributed by atoms with E-state index in [1.165, 1.54) is 49.0 Å². The SMILES string of the molecule is c1cc(CCN2CCCC2)cc(-c2cc3cccnc3[nH]2)c1. The number of pyridine rings is 1. The van der Waals surface area contributed by atoms with E-state index >= 15 is 0 Å². The zero-order valence-corrected chi connectivity index (χ0v) is 12.8. The third-order valence-electron chi connectivity index (χ3n) is 4.55. The van der Waals surface area contributed by atoms with E-state index in [9.17, 15) is 0 Å². The fourth-order valence-electron chi connectivity index (χ4n) is 3.30. The molecule has 0 spiro atoms. The van der Waals surface area contributed by atoms with E-state index in [1.54, 1.807) is 0 Å². The van der Waals surface area contributed by atoms with Gasteiger partial charge in [0.25, 0.3) is 0 Å². The van der Waals surface area contributed by atoms with Crippen LogP contribution in [0.3, 0.4) is 0 Å². The predicted molar refractivity (Wildman–Crippen MR) is 90.9 cm³/mol. The van der Waals surface area contributed by atoms with E-state index in [2.05, 4.69) is 51.3 Å². The Morgan fingerprint density at radius 1 is 1.05 bits per heavy atom. The van der Waals surface area contributed by atoms with Crippen LogP contribution in [0.2, 0.25) is 0 Å². The standard InChI is InChI=1S/C19H21N3/c1-2-11-22(10-1)12-8-15-5-3-6-16(13-15)18-14-17-7-4-9-20-19(17)21-18/h3-7,9,13-14H,1-2,8,10-12H2,(H,20,21). The number of benzene rings is 1. The molecule has 3 heterocycles. The Kier molecular flexibility index (Phi) is 3.65. The molecule has 1 fully saturated rings. The third-order valence-corrected chi connectivity index (χ3v) is 4.55. The quantitative estimate of drug-likeness (QED) is 0.791. The molecule has 3 aromatic rings. The van der Waals surface area contributed by atoms with Crippen molar-refractivity contribution in [1.29, 1.82) is 0 Å². The molecule has 1 saturated heterocycles. The minimum absolute atomic E-state index is 0.958. The van der Waals surface area contributed by atoms with Crippen molar-refractivity contribution in [3.05, 3.63) is 54.2 Å². The zero-order chi connectivity index (χ0) is 14.8. The van der Waals surface area contributed by atoms with Crippen LogP contribution in [0, 0.1) is 0 Å². The lowest BCUT2D eigenvalue weighted by atomic mass is 10.1. The molecule has 3 heteroatoms. The summed E-state index contributed by atoms with van der Waals surface area (Å²) in [5.74, 6) is 0. The molecular formula is C19H21N3. The van der Waals surface area contributed by atoms with Crippen molar-refractivity contribution in [1.82, 2.24) is 14.9 Å². The van der Waals surface area contributed by atoms with Crippen molar-refractivity contribution in [2.24, 2.45) is 0 Å². The highest BCUT2D eigenvalue weighted by atomic mass is 15.1. The molecule has 0 unspecified atom stereocenters. The van der Waals surface area contributed by atoms with Crippen molar-refractivity contribution < 1.29 is 0 Å². The fraction of sp³-hybridized carbons (Fsp3) is 0.316.